The van der Waals surface area contributed by atoms with Crippen LogP contribution < -0.4 is 10.0 Å². The van der Waals surface area contributed by atoms with Crippen LogP contribution >= 0.6 is 0 Å². The molecule has 1 fully saturated rings. The van der Waals surface area contributed by atoms with Crippen molar-refractivity contribution in [2.45, 2.75) is 23.8 Å². The number of carbonyl (C=O) groups excluding carboxylic acids is 1. The number of sulfonamides is 1. The van der Waals surface area contributed by atoms with Gasteiger partial charge in [0.2, 0.25) is 10.0 Å². The van der Waals surface area contributed by atoms with Gasteiger partial charge in [0.15, 0.2) is 0 Å². The molecule has 0 aliphatic carbocycles. The van der Waals surface area contributed by atoms with Gasteiger partial charge in [0.25, 0.3) is 5.91 Å². The van der Waals surface area contributed by atoms with Gasteiger partial charge >= 0.3 is 0 Å². The van der Waals surface area contributed by atoms with E-state index < -0.39 is 10.0 Å². The Kier molecular flexibility index (Phi) is 3.37. The molecule has 0 radical (unpaired) electrons. The van der Waals surface area contributed by atoms with Gasteiger partial charge in [0.05, 0.1) is 11.0 Å². The molecule has 0 unspecified atom stereocenters. The van der Waals surface area contributed by atoms with Gasteiger partial charge in [-0.2, -0.15) is 0 Å². The average molecular weight is 332 g/mol. The fourth-order valence-corrected chi connectivity index (χ4v) is 4.45. The molecular weight excluding hydrogens is 316 g/mol. The molecule has 2 N–H and O–H groups in total. The second kappa shape index (κ2) is 5.30. The maximum Gasteiger partial charge on any atom is 0.256 e. The molecule has 1 atom stereocenters. The molecule has 23 heavy (non-hydrogen) atoms. The van der Waals surface area contributed by atoms with Gasteiger partial charge in [-0.15, -0.1) is 0 Å². The van der Waals surface area contributed by atoms with Crippen LogP contribution in [0.15, 0.2) is 35.2 Å². The first-order chi connectivity index (χ1) is 11.1. The fraction of sp³-hybridized carbons (Fsp3) is 0.312. The summed E-state index contributed by atoms with van der Waals surface area (Å²) in [6.45, 7) is 0.948. The molecule has 0 aromatic heterocycles. The van der Waals surface area contributed by atoms with Crippen molar-refractivity contribution in [3.63, 3.8) is 0 Å². The topological polar surface area (TPSA) is 84.5 Å². The number of benzene rings is 2. The molecule has 0 bridgehead atoms. The summed E-state index contributed by atoms with van der Waals surface area (Å²) >= 11 is 0. The maximum absolute atomic E-state index is 12.7. The van der Waals surface area contributed by atoms with Crippen molar-refractivity contribution in [1.82, 2.24) is 4.72 Å². The first-order valence-corrected chi connectivity index (χ1v) is 9.03. The Bertz CT molecular complexity index is 902. The van der Waals surface area contributed by atoms with Crippen LogP contribution in [0.2, 0.25) is 0 Å². The van der Waals surface area contributed by atoms with E-state index in [1.165, 1.54) is 6.07 Å². The molecule has 0 spiro atoms. The summed E-state index contributed by atoms with van der Waals surface area (Å²) in [5, 5.41) is 3.97. The second-order valence-corrected chi connectivity index (χ2v) is 7.52. The molecule has 0 saturated carbocycles. The molecular formula is C16H16N2O4S. The van der Waals surface area contributed by atoms with E-state index in [2.05, 4.69) is 10.0 Å². The number of anilines is 1. The van der Waals surface area contributed by atoms with E-state index in [4.69, 9.17) is 4.74 Å². The van der Waals surface area contributed by atoms with Gasteiger partial charge in [-0.25, -0.2) is 13.1 Å². The van der Waals surface area contributed by atoms with E-state index >= 15 is 0 Å². The Hall–Kier alpha value is -1.96. The van der Waals surface area contributed by atoms with Crippen LogP contribution in [0, 0.1) is 0 Å². The summed E-state index contributed by atoms with van der Waals surface area (Å²) in [6, 6.07) is 8.29. The predicted octanol–water partition coefficient (Wildman–Crippen LogP) is 1.86. The molecule has 2 aromatic carbocycles. The molecule has 6 nitrogen and oxygen atoms in total. The zero-order chi connectivity index (χ0) is 16.0. The van der Waals surface area contributed by atoms with Gasteiger partial charge in [-0.1, -0.05) is 12.1 Å². The summed E-state index contributed by atoms with van der Waals surface area (Å²) in [4.78, 5) is 12.1. The quantitative estimate of drug-likeness (QED) is 0.895. The Labute approximate surface area is 133 Å². The van der Waals surface area contributed by atoms with Crippen molar-refractivity contribution in [2.24, 2.45) is 0 Å². The number of rotatable bonds is 4. The third-order valence-corrected chi connectivity index (χ3v) is 5.79. The van der Waals surface area contributed by atoms with Crippen molar-refractivity contribution in [2.75, 3.05) is 18.5 Å². The van der Waals surface area contributed by atoms with Gasteiger partial charge < -0.3 is 10.1 Å². The highest BCUT2D eigenvalue weighted by atomic mass is 32.2. The largest absolute Gasteiger partial charge is 0.377 e. The molecule has 2 aliphatic heterocycles. The van der Waals surface area contributed by atoms with Crippen molar-refractivity contribution >= 4 is 32.4 Å². The third-order valence-electron chi connectivity index (χ3n) is 4.31. The smallest absolute Gasteiger partial charge is 0.256 e. The van der Waals surface area contributed by atoms with Crippen LogP contribution in [0.1, 0.15) is 23.2 Å². The van der Waals surface area contributed by atoms with Crippen LogP contribution in [0.4, 0.5) is 5.69 Å². The Balaban J connectivity index is 1.74. The second-order valence-electron chi connectivity index (χ2n) is 5.78. The maximum atomic E-state index is 12.7. The van der Waals surface area contributed by atoms with Crippen molar-refractivity contribution in [3.05, 3.63) is 35.9 Å². The highest BCUT2D eigenvalue weighted by molar-refractivity contribution is 7.89. The third kappa shape index (κ3) is 2.41. The van der Waals surface area contributed by atoms with Crippen LogP contribution in [-0.4, -0.2) is 33.6 Å². The summed E-state index contributed by atoms with van der Waals surface area (Å²) in [7, 11) is -3.67. The monoisotopic (exact) mass is 332 g/mol. The molecule has 4 rings (SSSR count). The first kappa shape index (κ1) is 14.6. The van der Waals surface area contributed by atoms with Crippen molar-refractivity contribution in [3.8, 4) is 0 Å². The van der Waals surface area contributed by atoms with Crippen LogP contribution in [-0.2, 0) is 14.8 Å². The van der Waals surface area contributed by atoms with Crippen molar-refractivity contribution < 1.29 is 17.9 Å². The molecule has 2 aliphatic rings. The number of carbonyl (C=O) groups is 1. The summed E-state index contributed by atoms with van der Waals surface area (Å²) in [6.07, 6.45) is 1.76. The molecule has 1 amide bonds. The Morgan fingerprint density at radius 3 is 2.91 bits per heavy atom. The summed E-state index contributed by atoms with van der Waals surface area (Å²) in [5.41, 5.74) is 1.16. The molecule has 2 heterocycles. The molecule has 1 saturated heterocycles. The van der Waals surface area contributed by atoms with Crippen LogP contribution in [0.3, 0.4) is 0 Å². The van der Waals surface area contributed by atoms with E-state index in [0.717, 1.165) is 12.8 Å². The average Bonchev–Trinajstić information content (AvgIpc) is 3.16. The first-order valence-electron chi connectivity index (χ1n) is 7.54. The van der Waals surface area contributed by atoms with Crippen LogP contribution in [0.5, 0.6) is 0 Å². The fourth-order valence-electron chi connectivity index (χ4n) is 3.18. The van der Waals surface area contributed by atoms with Gasteiger partial charge in [0, 0.05) is 35.2 Å². The zero-order valence-corrected chi connectivity index (χ0v) is 13.2. The normalized spacial score (nSPS) is 20.2. The lowest BCUT2D eigenvalue weighted by Gasteiger charge is -2.13. The van der Waals surface area contributed by atoms with E-state index in [-0.39, 0.29) is 23.5 Å². The number of ether oxygens (including phenoxy) is 1. The molecule has 7 heteroatoms. The summed E-state index contributed by atoms with van der Waals surface area (Å²) in [5.74, 6) is -0.201. The van der Waals surface area contributed by atoms with E-state index in [1.807, 2.05) is 0 Å². The van der Waals surface area contributed by atoms with Gasteiger partial charge in [-0.3, -0.25) is 4.79 Å². The lowest BCUT2D eigenvalue weighted by atomic mass is 10.1. The number of hydrogen-bond acceptors (Lipinski definition) is 4. The standard InChI is InChI=1S/C16H16N2O4S/c19-16-12-5-1-4-11-14(7-6-13(18-16)15(11)12)23(20,21)17-9-10-3-2-8-22-10/h1,4-7,10,17H,2-3,8-9H2,(H,18,19)/t10-/m0/s1. The number of amides is 1. The lowest BCUT2D eigenvalue weighted by molar-refractivity contribution is 0.103. The zero-order valence-electron chi connectivity index (χ0n) is 12.3. The van der Waals surface area contributed by atoms with Gasteiger partial charge in [0.1, 0.15) is 0 Å². The molecule has 2 aromatic rings. The number of hydrogen-bond donors (Lipinski definition) is 2. The highest BCUT2D eigenvalue weighted by Gasteiger charge is 2.27. The Morgan fingerprint density at radius 1 is 1.26 bits per heavy atom. The minimum absolute atomic E-state index is 0.0650. The minimum Gasteiger partial charge on any atom is -0.377 e. The van der Waals surface area contributed by atoms with E-state index in [1.54, 1.807) is 24.3 Å². The van der Waals surface area contributed by atoms with E-state index in [0.29, 0.717) is 28.6 Å². The van der Waals surface area contributed by atoms with Gasteiger partial charge in [-0.05, 0) is 31.0 Å². The summed E-state index contributed by atoms with van der Waals surface area (Å²) < 4.78 is 33.4. The van der Waals surface area contributed by atoms with Crippen LogP contribution in [0.25, 0.3) is 10.8 Å². The highest BCUT2D eigenvalue weighted by Crippen LogP contribution is 2.36. The van der Waals surface area contributed by atoms with Crippen molar-refractivity contribution in [1.29, 1.82) is 0 Å². The number of nitrogens with one attached hydrogen (secondary N) is 2. The lowest BCUT2D eigenvalue weighted by Crippen LogP contribution is -2.31. The van der Waals surface area contributed by atoms with E-state index in [9.17, 15) is 13.2 Å². The minimum atomic E-state index is -3.67. The molecule has 120 valence electrons. The Morgan fingerprint density at radius 2 is 2.13 bits per heavy atom. The predicted molar refractivity (Wildman–Crippen MR) is 86.1 cm³/mol. The SMILES string of the molecule is O=C1Nc2ccc(S(=O)(=O)NC[C@@H]3CCCO3)c3cccc1c23.